The lowest BCUT2D eigenvalue weighted by Crippen LogP contribution is -2.30. The van der Waals surface area contributed by atoms with Crippen molar-refractivity contribution in [1.29, 1.82) is 0 Å². The summed E-state index contributed by atoms with van der Waals surface area (Å²) >= 11 is 0. The summed E-state index contributed by atoms with van der Waals surface area (Å²) in [5.41, 5.74) is 6.16. The van der Waals surface area contributed by atoms with E-state index in [1.165, 1.54) is 0 Å². The minimum absolute atomic E-state index is 0.0716. The number of rotatable bonds is 6. The molecule has 2 unspecified atom stereocenters. The predicted octanol–water partition coefficient (Wildman–Crippen LogP) is 2.41. The van der Waals surface area contributed by atoms with Crippen molar-refractivity contribution in [2.45, 2.75) is 31.2 Å². The third-order valence-electron chi connectivity index (χ3n) is 6.31. The van der Waals surface area contributed by atoms with Crippen molar-refractivity contribution in [1.82, 2.24) is 15.6 Å². The summed E-state index contributed by atoms with van der Waals surface area (Å²) in [5, 5.41) is 10.5. The van der Waals surface area contributed by atoms with E-state index in [4.69, 9.17) is 0 Å². The number of amides is 3. The number of hydrazone groups is 1. The normalized spacial score (nSPS) is 21.1. The Morgan fingerprint density at radius 3 is 2.81 bits per heavy atom. The number of nitrogens with one attached hydrogen (secondary N) is 3. The van der Waals surface area contributed by atoms with Crippen molar-refractivity contribution >= 4 is 29.6 Å². The number of carbonyl (C=O) groups excluding carboxylic acids is 3. The van der Waals surface area contributed by atoms with Gasteiger partial charge in [-0.25, -0.2) is 5.43 Å². The predicted molar refractivity (Wildman–Crippen MR) is 121 cm³/mol. The molecule has 3 aliphatic rings. The van der Waals surface area contributed by atoms with Gasteiger partial charge in [-0.2, -0.15) is 5.10 Å². The average molecular weight is 431 g/mol. The molecule has 2 aromatic rings. The molecule has 164 valence electrons. The van der Waals surface area contributed by atoms with Crippen LogP contribution in [-0.4, -0.2) is 48.5 Å². The van der Waals surface area contributed by atoms with Gasteiger partial charge in [0.15, 0.2) is 0 Å². The first-order chi connectivity index (χ1) is 15.6. The van der Waals surface area contributed by atoms with Crippen LogP contribution in [0.15, 0.2) is 47.6 Å². The van der Waals surface area contributed by atoms with E-state index in [2.05, 4.69) is 21.2 Å². The van der Waals surface area contributed by atoms with Crippen LogP contribution in [0.2, 0.25) is 0 Å². The fraction of sp³-hybridized carbons (Fsp3) is 0.333. The van der Waals surface area contributed by atoms with Crippen LogP contribution < -0.4 is 16.1 Å². The monoisotopic (exact) mass is 431 g/mol. The quantitative estimate of drug-likeness (QED) is 0.611. The Morgan fingerprint density at radius 2 is 2.03 bits per heavy atom. The molecule has 2 atom stereocenters. The molecule has 8 nitrogen and oxygen atoms in total. The Balaban J connectivity index is 1.34. The van der Waals surface area contributed by atoms with Gasteiger partial charge in [0.2, 0.25) is 5.91 Å². The second kappa shape index (κ2) is 8.45. The molecule has 0 spiro atoms. The molecule has 0 bridgehead atoms. The van der Waals surface area contributed by atoms with E-state index in [0.717, 1.165) is 29.8 Å². The fourth-order valence-corrected chi connectivity index (χ4v) is 4.74. The third-order valence-corrected chi connectivity index (χ3v) is 6.31. The van der Waals surface area contributed by atoms with Gasteiger partial charge in [0, 0.05) is 55.0 Å². The molecular formula is C24H25N5O3. The topological polar surface area (TPSA) is 103 Å². The molecule has 1 fully saturated rings. The highest BCUT2D eigenvalue weighted by Crippen LogP contribution is 2.46. The van der Waals surface area contributed by atoms with Crippen LogP contribution >= 0.6 is 0 Å². The van der Waals surface area contributed by atoms with E-state index in [0.29, 0.717) is 37.1 Å². The second-order valence-corrected chi connectivity index (χ2v) is 8.36. The van der Waals surface area contributed by atoms with Gasteiger partial charge in [0.1, 0.15) is 0 Å². The summed E-state index contributed by atoms with van der Waals surface area (Å²) in [4.78, 5) is 39.0. The summed E-state index contributed by atoms with van der Waals surface area (Å²) in [6.07, 6.45) is 3.98. The Hall–Kier alpha value is -3.68. The molecule has 3 amide bonds. The van der Waals surface area contributed by atoms with E-state index in [1.54, 1.807) is 18.3 Å². The third kappa shape index (κ3) is 3.72. The zero-order valence-electron chi connectivity index (χ0n) is 17.6. The average Bonchev–Trinajstić information content (AvgIpc) is 3.34. The Bertz CT molecular complexity index is 1100. The lowest BCUT2D eigenvalue weighted by Gasteiger charge is -2.17. The molecule has 3 heterocycles. The van der Waals surface area contributed by atoms with Gasteiger partial charge < -0.3 is 15.5 Å². The van der Waals surface area contributed by atoms with Gasteiger partial charge in [-0.3, -0.25) is 14.4 Å². The fourth-order valence-electron chi connectivity index (χ4n) is 4.74. The van der Waals surface area contributed by atoms with Crippen LogP contribution in [-0.2, 0) is 4.79 Å². The summed E-state index contributed by atoms with van der Waals surface area (Å²) in [6, 6.07) is 13.4. The van der Waals surface area contributed by atoms with Crippen molar-refractivity contribution in [2.24, 2.45) is 5.10 Å². The first kappa shape index (κ1) is 20.2. The molecule has 5 rings (SSSR count). The molecule has 3 N–H and O–H groups in total. The Labute approximate surface area is 186 Å². The van der Waals surface area contributed by atoms with Gasteiger partial charge in [-0.15, -0.1) is 0 Å². The number of carbonyl (C=O) groups is 3. The molecule has 32 heavy (non-hydrogen) atoms. The zero-order valence-corrected chi connectivity index (χ0v) is 17.6. The Morgan fingerprint density at radius 1 is 1.19 bits per heavy atom. The molecule has 3 aliphatic heterocycles. The maximum Gasteiger partial charge on any atom is 0.271 e. The first-order valence-corrected chi connectivity index (χ1v) is 11.0. The van der Waals surface area contributed by atoms with Crippen LogP contribution in [0.5, 0.6) is 0 Å². The highest BCUT2D eigenvalue weighted by Gasteiger charge is 2.37. The minimum atomic E-state index is -0.322. The number of hydrogen-bond donors (Lipinski definition) is 3. The summed E-state index contributed by atoms with van der Waals surface area (Å²) in [6.45, 7) is 1.91. The van der Waals surface area contributed by atoms with E-state index >= 15 is 0 Å². The van der Waals surface area contributed by atoms with Crippen LogP contribution in [0.3, 0.4) is 0 Å². The smallest absolute Gasteiger partial charge is 0.271 e. The molecule has 2 aromatic carbocycles. The number of nitrogens with zero attached hydrogens (tertiary/aromatic N) is 2. The zero-order chi connectivity index (χ0) is 22.1. The lowest BCUT2D eigenvalue weighted by molar-refractivity contribution is -0.127. The molecule has 0 saturated carbocycles. The maximum atomic E-state index is 12.8. The van der Waals surface area contributed by atoms with E-state index in [-0.39, 0.29) is 29.7 Å². The number of likely N-dealkylation sites (tertiary alicyclic amines) is 1. The maximum absolute atomic E-state index is 12.8. The van der Waals surface area contributed by atoms with Gasteiger partial charge in [0.25, 0.3) is 11.8 Å². The molecule has 1 saturated heterocycles. The summed E-state index contributed by atoms with van der Waals surface area (Å²) in [5.74, 6) is -0.489. The van der Waals surface area contributed by atoms with E-state index in [9.17, 15) is 14.4 Å². The van der Waals surface area contributed by atoms with Crippen molar-refractivity contribution in [2.75, 3.05) is 25.0 Å². The van der Waals surface area contributed by atoms with Crippen molar-refractivity contribution in [3.63, 3.8) is 0 Å². The molecule has 0 aliphatic carbocycles. The Kier molecular flexibility index (Phi) is 5.34. The summed E-state index contributed by atoms with van der Waals surface area (Å²) in [7, 11) is 0. The number of benzene rings is 2. The summed E-state index contributed by atoms with van der Waals surface area (Å²) < 4.78 is 0. The minimum Gasteiger partial charge on any atom is -0.377 e. The SMILES string of the molecule is O=C(NCCCN1CCCC1=O)c1cc2c3c(c1)C(=O)NN=CC3C(c1ccccc1)N2. The van der Waals surface area contributed by atoms with Crippen LogP contribution in [0.25, 0.3) is 0 Å². The standard InChI is InChI=1S/C24H25N5O3/c30-20-8-4-10-29(20)11-5-9-25-23(31)16-12-17-21-18(14-26-28-24(17)32)22(27-19(21)13-16)15-6-2-1-3-7-15/h1-3,6-7,12-14,18,22,27H,4-5,8-11H2,(H,25,31)(H,28,32). The number of hydrogen-bond acceptors (Lipinski definition) is 5. The molecule has 0 aromatic heterocycles. The highest BCUT2D eigenvalue weighted by atomic mass is 16.2. The van der Waals surface area contributed by atoms with Gasteiger partial charge in [-0.1, -0.05) is 30.3 Å². The van der Waals surface area contributed by atoms with Crippen LogP contribution in [0.4, 0.5) is 5.69 Å². The number of anilines is 1. The molecule has 0 radical (unpaired) electrons. The van der Waals surface area contributed by atoms with E-state index in [1.807, 2.05) is 35.2 Å². The van der Waals surface area contributed by atoms with Crippen molar-refractivity contribution in [3.05, 3.63) is 64.7 Å². The molecular weight excluding hydrogens is 406 g/mol. The first-order valence-electron chi connectivity index (χ1n) is 11.0. The van der Waals surface area contributed by atoms with Gasteiger partial charge in [-0.05, 0) is 36.1 Å². The van der Waals surface area contributed by atoms with Crippen molar-refractivity contribution in [3.8, 4) is 0 Å². The largest absolute Gasteiger partial charge is 0.377 e. The highest BCUT2D eigenvalue weighted by molar-refractivity contribution is 6.05. The van der Waals surface area contributed by atoms with Crippen LogP contribution in [0, 0.1) is 0 Å². The van der Waals surface area contributed by atoms with Crippen LogP contribution in [0.1, 0.15) is 63.1 Å². The van der Waals surface area contributed by atoms with E-state index < -0.39 is 0 Å². The van der Waals surface area contributed by atoms with Crippen molar-refractivity contribution < 1.29 is 14.4 Å². The molecule has 8 heteroatoms. The van der Waals surface area contributed by atoms with Gasteiger partial charge >= 0.3 is 0 Å². The lowest BCUT2D eigenvalue weighted by atomic mass is 9.88. The van der Waals surface area contributed by atoms with Gasteiger partial charge in [0.05, 0.1) is 6.04 Å². The second-order valence-electron chi connectivity index (χ2n) is 8.36.